The van der Waals surface area contributed by atoms with E-state index in [1.165, 1.54) is 18.2 Å². The van der Waals surface area contributed by atoms with Crippen molar-refractivity contribution in [3.63, 3.8) is 0 Å². The number of rotatable bonds is 7. The van der Waals surface area contributed by atoms with Gasteiger partial charge in [-0.25, -0.2) is 0 Å². The number of imide groups is 1. The lowest BCUT2D eigenvalue weighted by Gasteiger charge is -2.27. The van der Waals surface area contributed by atoms with Gasteiger partial charge >= 0.3 is 5.69 Å². The first-order chi connectivity index (χ1) is 17.2. The largest absolute Gasteiger partial charge is 0.450 e. The number of carbonyl (C=O) groups is 3. The lowest BCUT2D eigenvalue weighted by Crippen LogP contribution is -2.44. The molecule has 13 heteroatoms. The number of amides is 3. The topological polar surface area (TPSA) is 153 Å². The zero-order valence-corrected chi connectivity index (χ0v) is 19.6. The van der Waals surface area contributed by atoms with E-state index in [-0.39, 0.29) is 28.9 Å². The van der Waals surface area contributed by atoms with E-state index in [2.05, 4.69) is 0 Å². The molecule has 2 aliphatic rings. The molecule has 0 spiro atoms. The molecule has 12 nitrogen and oxygen atoms in total. The zero-order valence-electron chi connectivity index (χ0n) is 18.8. The quantitative estimate of drug-likeness (QED) is 0.299. The van der Waals surface area contributed by atoms with E-state index in [1.54, 1.807) is 17.0 Å². The average molecular weight is 513 g/mol. The highest BCUT2D eigenvalue weighted by Crippen LogP contribution is 2.36. The van der Waals surface area contributed by atoms with Gasteiger partial charge in [-0.05, 0) is 60.9 Å². The van der Waals surface area contributed by atoms with Crippen LogP contribution in [0.2, 0.25) is 0 Å². The molecule has 0 N–H and O–H groups in total. The second-order valence-electron chi connectivity index (χ2n) is 8.05. The highest BCUT2D eigenvalue weighted by atomic mass is 32.2. The molecule has 2 saturated heterocycles. The second-order valence-corrected chi connectivity index (χ2v) is 9.04. The first-order valence-corrected chi connectivity index (χ1v) is 11.8. The average Bonchev–Trinajstić information content (AvgIpc) is 3.12. The number of hydrogen-bond donors (Lipinski definition) is 0. The number of benzene rings is 2. The molecular formula is C23H20N4O8S. The van der Waals surface area contributed by atoms with Gasteiger partial charge in [0.15, 0.2) is 0 Å². The molecule has 0 aromatic heterocycles. The Labute approximate surface area is 208 Å². The van der Waals surface area contributed by atoms with Crippen LogP contribution in [0.1, 0.15) is 24.8 Å². The van der Waals surface area contributed by atoms with Crippen molar-refractivity contribution in [2.24, 2.45) is 0 Å². The van der Waals surface area contributed by atoms with E-state index in [0.717, 1.165) is 54.1 Å². The van der Waals surface area contributed by atoms with E-state index in [1.807, 2.05) is 0 Å². The summed E-state index contributed by atoms with van der Waals surface area (Å²) in [6, 6.07) is 9.28. The van der Waals surface area contributed by atoms with Gasteiger partial charge in [0.2, 0.25) is 11.7 Å². The Morgan fingerprint density at radius 3 is 2.47 bits per heavy atom. The van der Waals surface area contributed by atoms with Crippen molar-refractivity contribution in [1.29, 1.82) is 0 Å². The van der Waals surface area contributed by atoms with Crippen LogP contribution in [0.4, 0.5) is 16.2 Å². The van der Waals surface area contributed by atoms with Crippen LogP contribution in [0.5, 0.6) is 11.5 Å². The summed E-state index contributed by atoms with van der Waals surface area (Å²) in [6.45, 7) is 0.921. The molecule has 0 atom stereocenters. The summed E-state index contributed by atoms with van der Waals surface area (Å²) in [5.41, 5.74) is -0.545. The van der Waals surface area contributed by atoms with E-state index >= 15 is 0 Å². The van der Waals surface area contributed by atoms with Crippen molar-refractivity contribution in [3.05, 3.63) is 73.2 Å². The third-order valence-corrected chi connectivity index (χ3v) is 6.52. The van der Waals surface area contributed by atoms with Gasteiger partial charge in [0, 0.05) is 19.2 Å². The van der Waals surface area contributed by atoms with Gasteiger partial charge in [-0.2, -0.15) is 0 Å². The van der Waals surface area contributed by atoms with Gasteiger partial charge in [-0.3, -0.25) is 39.5 Å². The maximum atomic E-state index is 12.8. The molecule has 2 aliphatic heterocycles. The highest BCUT2D eigenvalue weighted by Gasteiger charge is 2.37. The molecule has 0 radical (unpaired) electrons. The van der Waals surface area contributed by atoms with Gasteiger partial charge in [0.05, 0.1) is 20.8 Å². The van der Waals surface area contributed by atoms with Gasteiger partial charge < -0.3 is 9.64 Å². The SMILES string of the molecule is O=C(CN1C(=O)S/C(=C/c2cccc(Oc3ccc([N+](=O)[O-])cc3[N+](=O)[O-])c2)C1=O)N1CCCCC1. The number of piperidine rings is 1. The number of ether oxygens (including phenoxy) is 1. The number of nitro benzene ring substituents is 2. The second kappa shape index (κ2) is 10.6. The van der Waals surface area contributed by atoms with Crippen LogP contribution in [0.25, 0.3) is 6.08 Å². The van der Waals surface area contributed by atoms with Crippen molar-refractivity contribution >= 4 is 46.3 Å². The van der Waals surface area contributed by atoms with E-state index < -0.39 is 32.4 Å². The van der Waals surface area contributed by atoms with Gasteiger partial charge in [-0.1, -0.05) is 12.1 Å². The fourth-order valence-electron chi connectivity index (χ4n) is 3.81. The summed E-state index contributed by atoms with van der Waals surface area (Å²) in [6.07, 6.45) is 4.31. The molecule has 2 aromatic rings. The Bertz CT molecular complexity index is 1290. The Morgan fingerprint density at radius 2 is 1.78 bits per heavy atom. The molecule has 0 saturated carbocycles. The Hall–Kier alpha value is -4.26. The monoisotopic (exact) mass is 512 g/mol. The summed E-state index contributed by atoms with van der Waals surface area (Å²) < 4.78 is 5.59. The summed E-state index contributed by atoms with van der Waals surface area (Å²) >= 11 is 0.720. The Morgan fingerprint density at radius 1 is 1.03 bits per heavy atom. The molecule has 2 aromatic carbocycles. The molecular weight excluding hydrogens is 492 g/mol. The third-order valence-electron chi connectivity index (χ3n) is 5.61. The lowest BCUT2D eigenvalue weighted by molar-refractivity contribution is -0.394. The molecule has 0 unspecified atom stereocenters. The van der Waals surface area contributed by atoms with Crippen molar-refractivity contribution in [2.75, 3.05) is 19.6 Å². The number of non-ortho nitro benzene ring substituents is 1. The van der Waals surface area contributed by atoms with Gasteiger partial charge in [0.1, 0.15) is 12.3 Å². The lowest BCUT2D eigenvalue weighted by atomic mass is 10.1. The number of hydrogen-bond acceptors (Lipinski definition) is 9. The fourth-order valence-corrected chi connectivity index (χ4v) is 4.65. The number of thioether (sulfide) groups is 1. The van der Waals surface area contributed by atoms with Crippen LogP contribution in [0.3, 0.4) is 0 Å². The summed E-state index contributed by atoms with van der Waals surface area (Å²) in [4.78, 5) is 61.2. The summed E-state index contributed by atoms with van der Waals surface area (Å²) in [5, 5.41) is 21.7. The van der Waals surface area contributed by atoms with Crippen LogP contribution in [-0.4, -0.2) is 56.3 Å². The smallest absolute Gasteiger partial charge is 0.318 e. The molecule has 0 aliphatic carbocycles. The Kier molecular flexibility index (Phi) is 7.29. The molecule has 3 amide bonds. The zero-order chi connectivity index (χ0) is 25.8. The van der Waals surface area contributed by atoms with Crippen LogP contribution in [0.15, 0.2) is 47.4 Å². The molecule has 4 rings (SSSR count). The van der Waals surface area contributed by atoms with E-state index in [0.29, 0.717) is 18.7 Å². The van der Waals surface area contributed by atoms with Gasteiger partial charge in [0.25, 0.3) is 16.8 Å². The minimum atomic E-state index is -0.784. The first-order valence-electron chi connectivity index (χ1n) is 11.0. The summed E-state index contributed by atoms with van der Waals surface area (Å²) in [7, 11) is 0. The molecule has 0 bridgehead atoms. The van der Waals surface area contributed by atoms with Crippen molar-refractivity contribution < 1.29 is 29.0 Å². The van der Waals surface area contributed by atoms with E-state index in [9.17, 15) is 34.6 Å². The molecule has 2 heterocycles. The van der Waals surface area contributed by atoms with Crippen molar-refractivity contribution in [2.45, 2.75) is 19.3 Å². The summed E-state index contributed by atoms with van der Waals surface area (Å²) in [5.74, 6) is -0.856. The fraction of sp³-hybridized carbons (Fsp3) is 0.261. The number of carbonyl (C=O) groups excluding carboxylic acids is 3. The standard InChI is InChI=1S/C23H20N4O8S/c28-21(24-9-2-1-3-10-24)14-25-22(29)20(36-23(25)30)12-15-5-4-6-17(11-15)35-19-8-7-16(26(31)32)13-18(19)27(33)34/h4-8,11-13H,1-3,9-10,14H2/b20-12+. The molecule has 2 fully saturated rings. The minimum Gasteiger partial charge on any atom is -0.450 e. The minimum absolute atomic E-state index is 0.130. The van der Waals surface area contributed by atoms with Crippen molar-refractivity contribution in [3.8, 4) is 11.5 Å². The van der Waals surface area contributed by atoms with Crippen LogP contribution in [0, 0.1) is 20.2 Å². The first kappa shape index (κ1) is 24.9. The number of nitro groups is 2. The molecule has 36 heavy (non-hydrogen) atoms. The number of likely N-dealkylation sites (tertiary alicyclic amines) is 1. The predicted molar refractivity (Wildman–Crippen MR) is 129 cm³/mol. The van der Waals surface area contributed by atoms with Crippen LogP contribution in [-0.2, 0) is 9.59 Å². The predicted octanol–water partition coefficient (Wildman–Crippen LogP) is 4.34. The van der Waals surface area contributed by atoms with Crippen molar-refractivity contribution in [1.82, 2.24) is 9.80 Å². The van der Waals surface area contributed by atoms with Crippen LogP contribution >= 0.6 is 11.8 Å². The highest BCUT2D eigenvalue weighted by molar-refractivity contribution is 8.18. The van der Waals surface area contributed by atoms with E-state index in [4.69, 9.17) is 4.74 Å². The maximum absolute atomic E-state index is 12.8. The Balaban J connectivity index is 1.50. The number of nitrogens with zero attached hydrogens (tertiary/aromatic N) is 4. The molecule has 186 valence electrons. The maximum Gasteiger partial charge on any atom is 0.318 e. The van der Waals surface area contributed by atoms with Crippen LogP contribution < -0.4 is 4.74 Å². The normalized spacial score (nSPS) is 16.9. The van der Waals surface area contributed by atoms with Gasteiger partial charge in [-0.15, -0.1) is 0 Å². The third kappa shape index (κ3) is 5.51.